The van der Waals surface area contributed by atoms with Gasteiger partial charge in [-0.05, 0) is 6.42 Å². The first-order valence-corrected chi connectivity index (χ1v) is 6.38. The Balaban J connectivity index is 2.48. The number of carboxylic acids is 1. The van der Waals surface area contributed by atoms with E-state index in [0.717, 1.165) is 0 Å². The first-order chi connectivity index (χ1) is 9.56. The molecule has 1 rings (SSSR count). The predicted molar refractivity (Wildman–Crippen MR) is 72.6 cm³/mol. The Hall–Kier alpha value is -2.09. The maximum absolute atomic E-state index is 11.7. The van der Waals surface area contributed by atoms with Gasteiger partial charge in [-0.25, -0.2) is 9.59 Å². The first-order valence-electron chi connectivity index (χ1n) is 6.38. The lowest BCUT2D eigenvalue weighted by atomic mass is 10.2. The number of rotatable bonds is 8. The molecule has 0 spiro atoms. The molecule has 0 aromatic carbocycles. The molecule has 8 heteroatoms. The van der Waals surface area contributed by atoms with Crippen LogP contribution in [0.5, 0.6) is 0 Å². The number of hydrogen-bond donors (Lipinski definition) is 3. The fourth-order valence-electron chi connectivity index (χ4n) is 1.61. The molecule has 0 fully saturated rings. The third-order valence-electron chi connectivity index (χ3n) is 2.60. The lowest BCUT2D eigenvalue weighted by molar-refractivity contribution is -0.139. The van der Waals surface area contributed by atoms with Gasteiger partial charge in [0, 0.05) is 13.3 Å². The monoisotopic (exact) mass is 284 g/mol. The zero-order valence-electron chi connectivity index (χ0n) is 11.6. The maximum Gasteiger partial charge on any atom is 0.326 e. The fourth-order valence-corrected chi connectivity index (χ4v) is 1.61. The summed E-state index contributed by atoms with van der Waals surface area (Å²) in [6.07, 6.45) is 4.20. The van der Waals surface area contributed by atoms with Crippen LogP contribution in [-0.2, 0) is 16.1 Å². The molecule has 1 heterocycles. The molecule has 1 aromatic rings. The van der Waals surface area contributed by atoms with Crippen molar-refractivity contribution in [3.8, 4) is 0 Å². The summed E-state index contributed by atoms with van der Waals surface area (Å²) >= 11 is 0. The van der Waals surface area contributed by atoms with Gasteiger partial charge in [-0.15, -0.1) is 0 Å². The van der Waals surface area contributed by atoms with Gasteiger partial charge in [0.05, 0.1) is 25.0 Å². The number of aliphatic carboxylic acids is 1. The Morgan fingerprint density at radius 1 is 1.55 bits per heavy atom. The Kier molecular flexibility index (Phi) is 6.51. The van der Waals surface area contributed by atoms with E-state index in [1.807, 2.05) is 6.92 Å². The third-order valence-corrected chi connectivity index (χ3v) is 2.60. The van der Waals surface area contributed by atoms with Crippen LogP contribution in [0.3, 0.4) is 0 Å². The standard InChI is InChI=1S/C12H20N4O4/c1-3-4-10(11(17)18)15-12(19)14-9-7-13-16(8-9)5-6-20-2/h7-8,10H,3-6H2,1-2H3,(H,17,18)(H2,14,15,19). The number of aromatic nitrogens is 2. The summed E-state index contributed by atoms with van der Waals surface area (Å²) in [5, 5.41) is 17.9. The Bertz CT molecular complexity index is 446. The van der Waals surface area contributed by atoms with Crippen LogP contribution in [0.15, 0.2) is 12.4 Å². The molecule has 0 aliphatic carbocycles. The van der Waals surface area contributed by atoms with Crippen LogP contribution >= 0.6 is 0 Å². The molecule has 0 bridgehead atoms. The summed E-state index contributed by atoms with van der Waals surface area (Å²) < 4.78 is 6.54. The number of carbonyl (C=O) groups is 2. The number of nitrogens with one attached hydrogen (secondary N) is 2. The lowest BCUT2D eigenvalue weighted by Crippen LogP contribution is -2.42. The zero-order valence-corrected chi connectivity index (χ0v) is 11.6. The van der Waals surface area contributed by atoms with Crippen LogP contribution in [0, 0.1) is 0 Å². The van der Waals surface area contributed by atoms with Gasteiger partial charge in [0.2, 0.25) is 0 Å². The maximum atomic E-state index is 11.7. The van der Waals surface area contributed by atoms with Crippen molar-refractivity contribution in [2.24, 2.45) is 0 Å². The predicted octanol–water partition coefficient (Wildman–Crippen LogP) is 0.904. The van der Waals surface area contributed by atoms with Crippen LogP contribution in [-0.4, -0.2) is 46.6 Å². The molecule has 8 nitrogen and oxygen atoms in total. The molecule has 20 heavy (non-hydrogen) atoms. The van der Waals surface area contributed by atoms with E-state index >= 15 is 0 Å². The highest BCUT2D eigenvalue weighted by Gasteiger charge is 2.18. The topological polar surface area (TPSA) is 105 Å². The van der Waals surface area contributed by atoms with E-state index in [9.17, 15) is 9.59 Å². The third kappa shape index (κ3) is 5.27. The second-order valence-electron chi connectivity index (χ2n) is 4.26. The van der Waals surface area contributed by atoms with Gasteiger partial charge >= 0.3 is 12.0 Å². The zero-order chi connectivity index (χ0) is 15.0. The molecule has 1 aromatic heterocycles. The van der Waals surface area contributed by atoms with Crippen molar-refractivity contribution in [3.05, 3.63) is 12.4 Å². The van der Waals surface area contributed by atoms with Crippen molar-refractivity contribution in [1.82, 2.24) is 15.1 Å². The van der Waals surface area contributed by atoms with Crippen molar-refractivity contribution >= 4 is 17.7 Å². The van der Waals surface area contributed by atoms with Crippen molar-refractivity contribution in [2.75, 3.05) is 19.0 Å². The highest BCUT2D eigenvalue weighted by atomic mass is 16.5. The van der Waals surface area contributed by atoms with Crippen molar-refractivity contribution in [2.45, 2.75) is 32.4 Å². The number of urea groups is 1. The Morgan fingerprint density at radius 3 is 2.90 bits per heavy atom. The fraction of sp³-hybridized carbons (Fsp3) is 0.583. The number of carboxylic acid groups (broad SMARTS) is 1. The van der Waals surface area contributed by atoms with E-state index in [0.29, 0.717) is 31.7 Å². The highest BCUT2D eigenvalue weighted by Crippen LogP contribution is 2.05. The first kappa shape index (κ1) is 16.0. The van der Waals surface area contributed by atoms with Gasteiger partial charge in [0.1, 0.15) is 6.04 Å². The number of nitrogens with zero attached hydrogens (tertiary/aromatic N) is 2. The minimum Gasteiger partial charge on any atom is -0.480 e. The van der Waals surface area contributed by atoms with Gasteiger partial charge in [-0.3, -0.25) is 4.68 Å². The van der Waals surface area contributed by atoms with Gasteiger partial charge < -0.3 is 20.5 Å². The summed E-state index contributed by atoms with van der Waals surface area (Å²) in [6, 6.07) is -1.44. The van der Waals surface area contributed by atoms with E-state index in [1.54, 1.807) is 18.0 Å². The van der Waals surface area contributed by atoms with Crippen LogP contribution in [0.4, 0.5) is 10.5 Å². The Morgan fingerprint density at radius 2 is 2.30 bits per heavy atom. The quantitative estimate of drug-likeness (QED) is 0.658. The van der Waals surface area contributed by atoms with Crippen molar-refractivity contribution in [3.63, 3.8) is 0 Å². The molecule has 1 atom stereocenters. The largest absolute Gasteiger partial charge is 0.480 e. The van der Waals surface area contributed by atoms with Gasteiger partial charge in [-0.1, -0.05) is 13.3 Å². The van der Waals surface area contributed by atoms with E-state index in [4.69, 9.17) is 9.84 Å². The Labute approximate surface area is 117 Å². The summed E-state index contributed by atoms with van der Waals surface area (Å²) in [5.41, 5.74) is 0.499. The summed E-state index contributed by atoms with van der Waals surface area (Å²) in [4.78, 5) is 22.6. The number of hydrogen-bond acceptors (Lipinski definition) is 4. The molecule has 112 valence electrons. The molecule has 0 saturated carbocycles. The molecule has 0 aliphatic rings. The molecular formula is C12H20N4O4. The number of carbonyl (C=O) groups excluding carboxylic acids is 1. The number of amides is 2. The highest BCUT2D eigenvalue weighted by molar-refractivity contribution is 5.91. The van der Waals surface area contributed by atoms with E-state index in [-0.39, 0.29) is 0 Å². The second-order valence-corrected chi connectivity index (χ2v) is 4.26. The normalized spacial score (nSPS) is 11.9. The molecular weight excluding hydrogens is 264 g/mol. The van der Waals surface area contributed by atoms with Crippen LogP contribution in [0.2, 0.25) is 0 Å². The van der Waals surface area contributed by atoms with Crippen LogP contribution in [0.1, 0.15) is 19.8 Å². The SMILES string of the molecule is CCCC(NC(=O)Nc1cnn(CCOC)c1)C(=O)O. The average molecular weight is 284 g/mol. The molecule has 0 saturated heterocycles. The average Bonchev–Trinajstić information content (AvgIpc) is 2.83. The molecule has 3 N–H and O–H groups in total. The van der Waals surface area contributed by atoms with Gasteiger partial charge in [0.15, 0.2) is 0 Å². The minimum absolute atomic E-state index is 0.385. The van der Waals surface area contributed by atoms with E-state index in [2.05, 4.69) is 15.7 Å². The van der Waals surface area contributed by atoms with E-state index in [1.165, 1.54) is 6.20 Å². The molecule has 0 radical (unpaired) electrons. The lowest BCUT2D eigenvalue weighted by Gasteiger charge is -2.13. The van der Waals surface area contributed by atoms with Crippen molar-refractivity contribution < 1.29 is 19.4 Å². The van der Waals surface area contributed by atoms with Crippen molar-refractivity contribution in [1.29, 1.82) is 0 Å². The molecule has 0 aliphatic heterocycles. The summed E-state index contributed by atoms with van der Waals surface area (Å²) in [7, 11) is 1.59. The van der Waals surface area contributed by atoms with Crippen LogP contribution in [0.25, 0.3) is 0 Å². The van der Waals surface area contributed by atoms with E-state index < -0.39 is 18.0 Å². The number of ether oxygens (including phenoxy) is 1. The number of methoxy groups -OCH3 is 1. The van der Waals surface area contributed by atoms with Gasteiger partial charge in [0.25, 0.3) is 0 Å². The summed E-state index contributed by atoms with van der Waals surface area (Å²) in [6.45, 7) is 2.95. The summed E-state index contributed by atoms with van der Waals surface area (Å²) in [5.74, 6) is -1.04. The smallest absolute Gasteiger partial charge is 0.326 e. The molecule has 1 unspecified atom stereocenters. The van der Waals surface area contributed by atoms with Gasteiger partial charge in [-0.2, -0.15) is 5.10 Å². The van der Waals surface area contributed by atoms with Crippen LogP contribution < -0.4 is 10.6 Å². The minimum atomic E-state index is -1.04. The second kappa shape index (κ2) is 8.16. The molecule has 2 amide bonds. The number of anilines is 1.